The van der Waals surface area contributed by atoms with Crippen molar-refractivity contribution in [1.29, 1.82) is 0 Å². The number of rotatable bonds is 2. The van der Waals surface area contributed by atoms with Crippen molar-refractivity contribution in [3.8, 4) is 0 Å². The minimum Gasteiger partial charge on any atom is -0.341 e. The first-order chi connectivity index (χ1) is 8.68. The second kappa shape index (κ2) is 6.14. The van der Waals surface area contributed by atoms with Gasteiger partial charge >= 0.3 is 0 Å². The molecule has 2 rings (SSSR count). The maximum Gasteiger partial charge on any atom is 0.225 e. The lowest BCUT2D eigenvalue weighted by Crippen LogP contribution is -2.29. The lowest BCUT2D eigenvalue weighted by atomic mass is 10.1. The van der Waals surface area contributed by atoms with Gasteiger partial charge in [-0.15, -0.1) is 0 Å². The van der Waals surface area contributed by atoms with Crippen LogP contribution in [0.2, 0.25) is 0 Å². The van der Waals surface area contributed by atoms with Gasteiger partial charge in [0.1, 0.15) is 0 Å². The van der Waals surface area contributed by atoms with E-state index in [-0.39, 0.29) is 6.04 Å². The smallest absolute Gasteiger partial charge is 0.225 e. The van der Waals surface area contributed by atoms with Crippen LogP contribution in [0.5, 0.6) is 0 Å². The van der Waals surface area contributed by atoms with E-state index in [1.165, 1.54) is 32.1 Å². The van der Waals surface area contributed by atoms with Crippen molar-refractivity contribution in [3.05, 3.63) is 17.5 Å². The molecule has 0 radical (unpaired) electrons. The van der Waals surface area contributed by atoms with Crippen molar-refractivity contribution in [3.63, 3.8) is 0 Å². The second-order valence-corrected chi connectivity index (χ2v) is 5.25. The van der Waals surface area contributed by atoms with Crippen LogP contribution in [0.25, 0.3) is 0 Å². The van der Waals surface area contributed by atoms with Gasteiger partial charge in [-0.3, -0.25) is 0 Å². The van der Waals surface area contributed by atoms with E-state index >= 15 is 0 Å². The average molecular weight is 248 g/mol. The van der Waals surface area contributed by atoms with Crippen LogP contribution < -0.4 is 10.6 Å². The summed E-state index contributed by atoms with van der Waals surface area (Å²) in [5, 5.41) is 0. The van der Waals surface area contributed by atoms with Gasteiger partial charge in [-0.05, 0) is 26.7 Å². The molecule has 0 aromatic carbocycles. The summed E-state index contributed by atoms with van der Waals surface area (Å²) in [4.78, 5) is 11.4. The Hall–Kier alpha value is -1.16. The maximum atomic E-state index is 5.90. The number of hydrogen-bond donors (Lipinski definition) is 1. The minimum absolute atomic E-state index is 0.00591. The van der Waals surface area contributed by atoms with Crippen molar-refractivity contribution in [2.75, 3.05) is 18.0 Å². The number of aromatic nitrogens is 2. The Labute approximate surface area is 110 Å². The van der Waals surface area contributed by atoms with Crippen LogP contribution in [0.4, 0.5) is 5.95 Å². The van der Waals surface area contributed by atoms with E-state index < -0.39 is 0 Å². The Kier molecular flexibility index (Phi) is 4.53. The fourth-order valence-corrected chi connectivity index (χ4v) is 2.51. The first-order valence-corrected chi connectivity index (χ1v) is 7.02. The number of nitrogens with zero attached hydrogens (tertiary/aromatic N) is 3. The van der Waals surface area contributed by atoms with Gasteiger partial charge < -0.3 is 10.6 Å². The normalized spacial score (nSPS) is 19.2. The minimum atomic E-state index is 0.00591. The third kappa shape index (κ3) is 3.19. The highest BCUT2D eigenvalue weighted by Crippen LogP contribution is 2.18. The molecule has 4 nitrogen and oxygen atoms in total. The topological polar surface area (TPSA) is 55.0 Å². The lowest BCUT2D eigenvalue weighted by Gasteiger charge is -2.25. The van der Waals surface area contributed by atoms with E-state index in [4.69, 9.17) is 5.73 Å². The molecule has 18 heavy (non-hydrogen) atoms. The summed E-state index contributed by atoms with van der Waals surface area (Å²) in [5.74, 6) is 0.874. The molecule has 4 heteroatoms. The van der Waals surface area contributed by atoms with Gasteiger partial charge in [0.25, 0.3) is 0 Å². The highest BCUT2D eigenvalue weighted by Gasteiger charge is 2.13. The third-order valence-corrected chi connectivity index (χ3v) is 3.63. The van der Waals surface area contributed by atoms with Crippen LogP contribution in [0.3, 0.4) is 0 Å². The van der Waals surface area contributed by atoms with Gasteiger partial charge in [0.2, 0.25) is 5.95 Å². The fraction of sp³-hybridized carbons (Fsp3) is 0.714. The van der Waals surface area contributed by atoms with E-state index in [0.29, 0.717) is 0 Å². The number of anilines is 1. The molecule has 0 bridgehead atoms. The highest BCUT2D eigenvalue weighted by molar-refractivity contribution is 5.33. The first kappa shape index (κ1) is 13.3. The monoisotopic (exact) mass is 248 g/mol. The van der Waals surface area contributed by atoms with Gasteiger partial charge in [-0.2, -0.15) is 0 Å². The Morgan fingerprint density at radius 1 is 1.17 bits per heavy atom. The van der Waals surface area contributed by atoms with Gasteiger partial charge in [-0.25, -0.2) is 9.97 Å². The second-order valence-electron chi connectivity index (χ2n) is 5.25. The summed E-state index contributed by atoms with van der Waals surface area (Å²) in [6.07, 6.45) is 8.41. The van der Waals surface area contributed by atoms with Crippen LogP contribution in [-0.4, -0.2) is 23.1 Å². The summed E-state index contributed by atoms with van der Waals surface area (Å²) in [6.45, 7) is 6.16. The molecular weight excluding hydrogens is 224 g/mol. The zero-order valence-electron chi connectivity index (χ0n) is 11.5. The zero-order chi connectivity index (χ0) is 13.0. The van der Waals surface area contributed by atoms with Gasteiger partial charge in [0, 0.05) is 36.6 Å². The molecule has 1 atom stereocenters. The molecular formula is C14H24N4. The summed E-state index contributed by atoms with van der Waals surface area (Å²) < 4.78 is 0. The van der Waals surface area contributed by atoms with E-state index in [9.17, 15) is 0 Å². The predicted octanol–water partition coefficient (Wildman–Crippen LogP) is 2.58. The number of nitrogens with two attached hydrogens (primary N) is 1. The molecule has 1 aromatic rings. The molecule has 2 heterocycles. The summed E-state index contributed by atoms with van der Waals surface area (Å²) in [5.41, 5.74) is 7.95. The van der Waals surface area contributed by atoms with Gasteiger partial charge in [0.15, 0.2) is 0 Å². The fourth-order valence-electron chi connectivity index (χ4n) is 2.51. The Bertz CT molecular complexity index is 381. The van der Waals surface area contributed by atoms with E-state index in [1.807, 2.05) is 20.0 Å². The van der Waals surface area contributed by atoms with Crippen LogP contribution in [0, 0.1) is 6.92 Å². The lowest BCUT2D eigenvalue weighted by molar-refractivity contribution is 0.549. The van der Waals surface area contributed by atoms with Crippen LogP contribution in [0.1, 0.15) is 56.3 Å². The van der Waals surface area contributed by atoms with Crippen molar-refractivity contribution >= 4 is 5.95 Å². The zero-order valence-corrected chi connectivity index (χ0v) is 11.5. The number of hydrogen-bond acceptors (Lipinski definition) is 4. The molecule has 1 aliphatic heterocycles. The molecule has 100 valence electrons. The Balaban J connectivity index is 2.14. The molecule has 1 saturated heterocycles. The molecule has 1 aromatic heterocycles. The van der Waals surface area contributed by atoms with Crippen LogP contribution >= 0.6 is 0 Å². The van der Waals surface area contributed by atoms with E-state index in [1.54, 1.807) is 0 Å². The third-order valence-electron chi connectivity index (χ3n) is 3.63. The molecule has 1 fully saturated rings. The molecule has 2 N–H and O–H groups in total. The van der Waals surface area contributed by atoms with E-state index in [0.717, 1.165) is 30.3 Å². The van der Waals surface area contributed by atoms with Crippen molar-refractivity contribution in [2.45, 2.75) is 52.0 Å². The highest BCUT2D eigenvalue weighted by atomic mass is 15.2. The van der Waals surface area contributed by atoms with Gasteiger partial charge in [-0.1, -0.05) is 19.3 Å². The predicted molar refractivity (Wildman–Crippen MR) is 74.7 cm³/mol. The van der Waals surface area contributed by atoms with Crippen LogP contribution in [-0.2, 0) is 0 Å². The summed E-state index contributed by atoms with van der Waals surface area (Å²) in [6, 6.07) is 0.00591. The molecule has 0 spiro atoms. The Morgan fingerprint density at radius 3 is 2.33 bits per heavy atom. The molecule has 0 aliphatic carbocycles. The van der Waals surface area contributed by atoms with Gasteiger partial charge in [0.05, 0.1) is 0 Å². The van der Waals surface area contributed by atoms with Crippen molar-refractivity contribution in [2.24, 2.45) is 5.73 Å². The number of aryl methyl sites for hydroxylation is 1. The first-order valence-electron chi connectivity index (χ1n) is 7.02. The largest absolute Gasteiger partial charge is 0.341 e. The van der Waals surface area contributed by atoms with Crippen molar-refractivity contribution in [1.82, 2.24) is 9.97 Å². The van der Waals surface area contributed by atoms with Crippen molar-refractivity contribution < 1.29 is 0 Å². The van der Waals surface area contributed by atoms with E-state index in [2.05, 4.69) is 14.9 Å². The maximum absolute atomic E-state index is 5.90. The standard InChI is InChI=1S/C14H24N4/c1-11(15)13-10-16-14(17-12(13)2)18-8-6-4-3-5-7-9-18/h10-11H,3-9,15H2,1-2H3/t11-/m1/s1. The summed E-state index contributed by atoms with van der Waals surface area (Å²) >= 11 is 0. The molecule has 1 aliphatic rings. The Morgan fingerprint density at radius 2 is 1.78 bits per heavy atom. The molecule has 0 saturated carbocycles. The van der Waals surface area contributed by atoms with Crippen LogP contribution in [0.15, 0.2) is 6.20 Å². The molecule has 0 unspecified atom stereocenters. The molecule has 0 amide bonds. The summed E-state index contributed by atoms with van der Waals surface area (Å²) in [7, 11) is 0. The quantitative estimate of drug-likeness (QED) is 0.874. The average Bonchev–Trinajstić information content (AvgIpc) is 2.27. The SMILES string of the molecule is Cc1nc(N2CCCCCCC2)ncc1[C@@H](C)N.